The van der Waals surface area contributed by atoms with E-state index >= 15 is 0 Å². The van der Waals surface area contributed by atoms with Crippen LogP contribution >= 0.6 is 0 Å². The molecule has 0 bridgehead atoms. The van der Waals surface area contributed by atoms with Crippen molar-refractivity contribution in [1.29, 1.82) is 0 Å². The molecule has 0 saturated carbocycles. The molecule has 0 aliphatic rings. The minimum atomic E-state index is -4.41. The third-order valence-electron chi connectivity index (χ3n) is 2.77. The number of aryl methyl sites for hydroxylation is 1. The number of alkyl halides is 3. The average molecular weight is 267 g/mol. The van der Waals surface area contributed by atoms with Crippen LogP contribution in [0.15, 0.2) is 42.6 Å². The summed E-state index contributed by atoms with van der Waals surface area (Å²) < 4.78 is 37.8. The summed E-state index contributed by atoms with van der Waals surface area (Å²) in [4.78, 5) is 3.98. The summed E-state index contributed by atoms with van der Waals surface area (Å²) in [6.07, 6.45) is -3.99. The van der Waals surface area contributed by atoms with E-state index in [9.17, 15) is 18.3 Å². The summed E-state index contributed by atoms with van der Waals surface area (Å²) in [6, 6.07) is 7.92. The lowest BCUT2D eigenvalue weighted by Gasteiger charge is -2.14. The second-order valence-electron chi connectivity index (χ2n) is 4.26. The molecule has 1 unspecified atom stereocenters. The van der Waals surface area contributed by atoms with Gasteiger partial charge in [0.15, 0.2) is 0 Å². The van der Waals surface area contributed by atoms with Crippen molar-refractivity contribution in [3.8, 4) is 0 Å². The van der Waals surface area contributed by atoms with Crippen LogP contribution in [0.25, 0.3) is 0 Å². The predicted molar refractivity (Wildman–Crippen MR) is 64.5 cm³/mol. The number of hydrogen-bond donors (Lipinski definition) is 1. The molecule has 19 heavy (non-hydrogen) atoms. The van der Waals surface area contributed by atoms with Crippen LogP contribution < -0.4 is 0 Å². The van der Waals surface area contributed by atoms with Crippen LogP contribution in [-0.4, -0.2) is 10.1 Å². The molecule has 0 fully saturated rings. The van der Waals surface area contributed by atoms with Crippen molar-refractivity contribution in [1.82, 2.24) is 4.98 Å². The highest BCUT2D eigenvalue weighted by Crippen LogP contribution is 2.32. The Hall–Kier alpha value is -1.88. The van der Waals surface area contributed by atoms with E-state index < -0.39 is 17.8 Å². The molecule has 0 aliphatic heterocycles. The Kier molecular flexibility index (Phi) is 3.57. The minimum Gasteiger partial charge on any atom is -0.384 e. The van der Waals surface area contributed by atoms with Crippen LogP contribution in [0.2, 0.25) is 0 Å². The Labute approximate surface area is 108 Å². The van der Waals surface area contributed by atoms with Crippen molar-refractivity contribution in [3.05, 3.63) is 65.0 Å². The first-order valence-corrected chi connectivity index (χ1v) is 5.66. The zero-order chi connectivity index (χ0) is 14.0. The van der Waals surface area contributed by atoms with Crippen molar-refractivity contribution in [2.45, 2.75) is 19.2 Å². The molecule has 2 aromatic rings. The summed E-state index contributed by atoms with van der Waals surface area (Å²) in [5.74, 6) is 0. The molecule has 0 radical (unpaired) electrons. The topological polar surface area (TPSA) is 33.1 Å². The molecule has 5 heteroatoms. The lowest BCUT2D eigenvalue weighted by atomic mass is 10.00. The van der Waals surface area contributed by atoms with Crippen molar-refractivity contribution in [2.75, 3.05) is 0 Å². The fourth-order valence-electron chi connectivity index (χ4n) is 1.82. The monoisotopic (exact) mass is 267 g/mol. The number of aliphatic hydroxyl groups is 1. The smallest absolute Gasteiger partial charge is 0.384 e. The summed E-state index contributed by atoms with van der Waals surface area (Å²) in [7, 11) is 0. The van der Waals surface area contributed by atoms with Crippen LogP contribution in [0.4, 0.5) is 13.2 Å². The Balaban J connectivity index is 2.37. The largest absolute Gasteiger partial charge is 0.416 e. The molecule has 1 aromatic carbocycles. The normalized spacial score (nSPS) is 13.3. The van der Waals surface area contributed by atoms with Gasteiger partial charge in [0.05, 0.1) is 5.56 Å². The van der Waals surface area contributed by atoms with Gasteiger partial charge in [-0.05, 0) is 42.3 Å². The van der Waals surface area contributed by atoms with Gasteiger partial charge in [0.1, 0.15) is 6.10 Å². The van der Waals surface area contributed by atoms with E-state index in [1.54, 1.807) is 19.1 Å². The van der Waals surface area contributed by atoms with Gasteiger partial charge in [0.25, 0.3) is 0 Å². The maximum atomic E-state index is 12.6. The van der Waals surface area contributed by atoms with Crippen LogP contribution in [0, 0.1) is 6.92 Å². The van der Waals surface area contributed by atoms with E-state index in [1.807, 2.05) is 0 Å². The fraction of sp³-hybridized carbons (Fsp3) is 0.214. The van der Waals surface area contributed by atoms with E-state index in [2.05, 4.69) is 4.98 Å². The predicted octanol–water partition coefficient (Wildman–Crippen LogP) is 3.49. The molecule has 0 amide bonds. The first-order chi connectivity index (χ1) is 8.88. The number of hydrogen-bond acceptors (Lipinski definition) is 2. The first kappa shape index (κ1) is 13.5. The first-order valence-electron chi connectivity index (χ1n) is 5.66. The van der Waals surface area contributed by atoms with E-state index in [-0.39, 0.29) is 5.56 Å². The van der Waals surface area contributed by atoms with Crippen molar-refractivity contribution in [2.24, 2.45) is 0 Å². The molecule has 1 N–H and O–H groups in total. The SMILES string of the molecule is Cc1cc(C(O)c2cccc(C(F)(F)F)c2)ccn1. The quantitative estimate of drug-likeness (QED) is 0.903. The van der Waals surface area contributed by atoms with E-state index in [1.165, 1.54) is 18.3 Å². The number of aliphatic hydroxyl groups excluding tert-OH is 1. The van der Waals surface area contributed by atoms with Gasteiger partial charge in [-0.25, -0.2) is 0 Å². The Morgan fingerprint density at radius 3 is 2.42 bits per heavy atom. The Morgan fingerprint density at radius 1 is 1.11 bits per heavy atom. The van der Waals surface area contributed by atoms with Gasteiger partial charge in [-0.2, -0.15) is 13.2 Å². The number of aromatic nitrogens is 1. The minimum absolute atomic E-state index is 0.209. The van der Waals surface area contributed by atoms with Crippen molar-refractivity contribution >= 4 is 0 Å². The third-order valence-corrected chi connectivity index (χ3v) is 2.77. The van der Waals surface area contributed by atoms with Crippen molar-refractivity contribution in [3.63, 3.8) is 0 Å². The summed E-state index contributed by atoms with van der Waals surface area (Å²) in [5, 5.41) is 10.1. The Bertz CT molecular complexity index is 581. The van der Waals surface area contributed by atoms with Gasteiger partial charge in [-0.3, -0.25) is 4.98 Å². The highest BCUT2D eigenvalue weighted by molar-refractivity contribution is 5.33. The molecule has 0 saturated heterocycles. The van der Waals surface area contributed by atoms with Crippen molar-refractivity contribution < 1.29 is 18.3 Å². The molecule has 0 spiro atoms. The van der Waals surface area contributed by atoms with Gasteiger partial charge in [-0.15, -0.1) is 0 Å². The molecule has 1 aromatic heterocycles. The van der Waals surface area contributed by atoms with Crippen LogP contribution in [0.5, 0.6) is 0 Å². The fourth-order valence-corrected chi connectivity index (χ4v) is 1.82. The van der Waals surface area contributed by atoms with E-state index in [4.69, 9.17) is 0 Å². The second-order valence-corrected chi connectivity index (χ2v) is 4.26. The number of rotatable bonds is 2. The maximum absolute atomic E-state index is 12.6. The molecule has 2 rings (SSSR count). The molecule has 0 aliphatic carbocycles. The number of halogens is 3. The molecular weight excluding hydrogens is 255 g/mol. The molecular formula is C14H12F3NO. The van der Waals surface area contributed by atoms with Gasteiger partial charge >= 0.3 is 6.18 Å². The lowest BCUT2D eigenvalue weighted by molar-refractivity contribution is -0.137. The third kappa shape index (κ3) is 3.12. The Morgan fingerprint density at radius 2 is 1.79 bits per heavy atom. The van der Waals surface area contributed by atoms with E-state index in [0.717, 1.165) is 12.1 Å². The van der Waals surface area contributed by atoms with Gasteiger partial charge in [0.2, 0.25) is 0 Å². The highest BCUT2D eigenvalue weighted by atomic mass is 19.4. The number of nitrogens with zero attached hydrogens (tertiary/aromatic N) is 1. The lowest BCUT2D eigenvalue weighted by Crippen LogP contribution is -2.07. The zero-order valence-electron chi connectivity index (χ0n) is 10.1. The van der Waals surface area contributed by atoms with Gasteiger partial charge < -0.3 is 5.11 Å². The summed E-state index contributed by atoms with van der Waals surface area (Å²) >= 11 is 0. The number of benzene rings is 1. The van der Waals surface area contributed by atoms with Crippen LogP contribution in [0.1, 0.15) is 28.5 Å². The summed E-state index contributed by atoms with van der Waals surface area (Å²) in [5.41, 5.74) is 0.658. The summed E-state index contributed by atoms with van der Waals surface area (Å²) in [6.45, 7) is 1.75. The maximum Gasteiger partial charge on any atom is 0.416 e. The van der Waals surface area contributed by atoms with Gasteiger partial charge in [0, 0.05) is 11.9 Å². The standard InChI is InChI=1S/C14H12F3NO/c1-9-7-11(5-6-18-9)13(19)10-3-2-4-12(8-10)14(15,16)17/h2-8,13,19H,1H3. The second kappa shape index (κ2) is 5.01. The molecule has 2 nitrogen and oxygen atoms in total. The van der Waals surface area contributed by atoms with E-state index in [0.29, 0.717) is 11.3 Å². The number of pyridine rings is 1. The highest BCUT2D eigenvalue weighted by Gasteiger charge is 2.30. The van der Waals surface area contributed by atoms with Crippen LogP contribution in [-0.2, 0) is 6.18 Å². The zero-order valence-corrected chi connectivity index (χ0v) is 10.1. The molecule has 1 heterocycles. The van der Waals surface area contributed by atoms with Gasteiger partial charge in [-0.1, -0.05) is 12.1 Å². The molecule has 1 atom stereocenters. The average Bonchev–Trinajstić information content (AvgIpc) is 2.37. The van der Waals surface area contributed by atoms with Crippen LogP contribution in [0.3, 0.4) is 0 Å². The molecule has 100 valence electrons.